The molecule has 0 radical (unpaired) electrons. The highest BCUT2D eigenvalue weighted by Gasteiger charge is 2.26. The van der Waals surface area contributed by atoms with Crippen molar-refractivity contribution in [1.29, 1.82) is 0 Å². The number of ether oxygens (including phenoxy) is 1. The number of halogens is 1. The van der Waals surface area contributed by atoms with E-state index >= 15 is 0 Å². The van der Waals surface area contributed by atoms with Crippen LogP contribution in [0.3, 0.4) is 0 Å². The van der Waals surface area contributed by atoms with Crippen LogP contribution in [0.25, 0.3) is 0 Å². The summed E-state index contributed by atoms with van der Waals surface area (Å²) in [4.78, 5) is 11.9. The Bertz CT molecular complexity index is 447. The summed E-state index contributed by atoms with van der Waals surface area (Å²) < 4.78 is 5.41. The molecule has 1 aliphatic heterocycles. The predicted octanol–water partition coefficient (Wildman–Crippen LogP) is 1.97. The first-order valence-electron chi connectivity index (χ1n) is 5.80. The number of nitrogens with one attached hydrogen (secondary N) is 1. The minimum atomic E-state index is -0.546. The molecule has 5 heteroatoms. The number of hydrogen-bond donors (Lipinski definition) is 2. The summed E-state index contributed by atoms with van der Waals surface area (Å²) in [5, 5.41) is 2.89. The lowest BCUT2D eigenvalue weighted by Gasteiger charge is -2.21. The van der Waals surface area contributed by atoms with E-state index in [1.54, 1.807) is 0 Å². The topological polar surface area (TPSA) is 64.4 Å². The molecule has 1 amide bonds. The van der Waals surface area contributed by atoms with Crippen LogP contribution in [0.1, 0.15) is 19.4 Å². The van der Waals surface area contributed by atoms with E-state index in [2.05, 4.69) is 5.32 Å². The molecule has 0 aliphatic carbocycles. The quantitative estimate of drug-likeness (QED) is 0.883. The second-order valence-corrected chi connectivity index (χ2v) is 4.96. The van der Waals surface area contributed by atoms with Crippen LogP contribution >= 0.6 is 12.4 Å². The largest absolute Gasteiger partial charge is 0.493 e. The fourth-order valence-electron chi connectivity index (χ4n) is 1.66. The lowest BCUT2D eigenvalue weighted by Crippen LogP contribution is -2.37. The van der Waals surface area contributed by atoms with Crippen LogP contribution in [0.5, 0.6) is 5.75 Å². The normalized spacial score (nSPS) is 13.3. The van der Waals surface area contributed by atoms with E-state index in [0.717, 1.165) is 30.0 Å². The van der Waals surface area contributed by atoms with Gasteiger partial charge in [-0.05, 0) is 37.6 Å². The van der Waals surface area contributed by atoms with Gasteiger partial charge in [0.15, 0.2) is 0 Å². The van der Waals surface area contributed by atoms with Crippen LogP contribution in [0.4, 0.5) is 5.69 Å². The summed E-state index contributed by atoms with van der Waals surface area (Å²) in [7, 11) is 0. The Hall–Kier alpha value is -1.26. The Labute approximate surface area is 113 Å². The molecule has 0 bridgehead atoms. The van der Waals surface area contributed by atoms with Crippen molar-refractivity contribution in [1.82, 2.24) is 0 Å². The Morgan fingerprint density at radius 1 is 1.50 bits per heavy atom. The number of carbonyl (C=O) groups excluding carboxylic acids is 1. The molecule has 1 aromatic rings. The van der Waals surface area contributed by atoms with Gasteiger partial charge in [-0.2, -0.15) is 0 Å². The van der Waals surface area contributed by atoms with Gasteiger partial charge < -0.3 is 15.8 Å². The molecule has 2 rings (SSSR count). The van der Waals surface area contributed by atoms with Crippen molar-refractivity contribution < 1.29 is 9.53 Å². The highest BCUT2D eigenvalue weighted by molar-refractivity contribution is 5.95. The Kier molecular flexibility index (Phi) is 4.59. The van der Waals surface area contributed by atoms with Crippen LogP contribution in [0.15, 0.2) is 18.2 Å². The van der Waals surface area contributed by atoms with Crippen LogP contribution in [0.2, 0.25) is 0 Å². The second kappa shape index (κ2) is 5.59. The number of nitrogens with two attached hydrogens (primary N) is 1. The molecule has 18 heavy (non-hydrogen) atoms. The summed E-state index contributed by atoms with van der Waals surface area (Å²) in [6.07, 6.45) is 0.902. The standard InChI is InChI=1S/C13H18N2O2.ClH/c1-13(2,8-14)12(16)15-10-3-4-11-9(7-10)5-6-17-11;/h3-4,7H,5-6,8,14H2,1-2H3,(H,15,16);1H. The summed E-state index contributed by atoms with van der Waals surface area (Å²) >= 11 is 0. The summed E-state index contributed by atoms with van der Waals surface area (Å²) in [5.41, 5.74) is 6.98. The zero-order valence-corrected chi connectivity index (χ0v) is 11.5. The number of carbonyl (C=O) groups is 1. The fourth-order valence-corrected chi connectivity index (χ4v) is 1.66. The fraction of sp³-hybridized carbons (Fsp3) is 0.462. The molecule has 0 fully saturated rings. The highest BCUT2D eigenvalue weighted by Crippen LogP contribution is 2.28. The molecule has 0 saturated heterocycles. The van der Waals surface area contributed by atoms with Crippen molar-refractivity contribution in [2.24, 2.45) is 11.1 Å². The highest BCUT2D eigenvalue weighted by atomic mass is 35.5. The first kappa shape index (κ1) is 14.8. The maximum atomic E-state index is 11.9. The number of fused-ring (bicyclic) bond motifs is 1. The van der Waals surface area contributed by atoms with Crippen LogP contribution in [0, 0.1) is 5.41 Å². The Balaban J connectivity index is 0.00000162. The van der Waals surface area contributed by atoms with Crippen molar-refractivity contribution in [2.45, 2.75) is 20.3 Å². The molecule has 0 unspecified atom stereocenters. The molecule has 1 heterocycles. The van der Waals surface area contributed by atoms with E-state index in [1.165, 1.54) is 0 Å². The molecule has 3 N–H and O–H groups in total. The van der Waals surface area contributed by atoms with Gasteiger partial charge in [0.05, 0.1) is 12.0 Å². The lowest BCUT2D eigenvalue weighted by molar-refractivity contribution is -0.123. The first-order chi connectivity index (χ1) is 8.03. The van der Waals surface area contributed by atoms with Gasteiger partial charge in [-0.3, -0.25) is 4.79 Å². The predicted molar refractivity (Wildman–Crippen MR) is 74.4 cm³/mol. The maximum absolute atomic E-state index is 11.9. The average Bonchev–Trinajstić information content (AvgIpc) is 2.76. The molecule has 1 aromatic carbocycles. The van der Waals surface area contributed by atoms with Gasteiger partial charge in [-0.25, -0.2) is 0 Å². The van der Waals surface area contributed by atoms with Crippen LogP contribution in [-0.2, 0) is 11.2 Å². The van der Waals surface area contributed by atoms with Crippen LogP contribution < -0.4 is 15.8 Å². The average molecular weight is 271 g/mol. The van der Waals surface area contributed by atoms with E-state index in [4.69, 9.17) is 10.5 Å². The third-order valence-corrected chi connectivity index (χ3v) is 3.07. The number of amides is 1. The van der Waals surface area contributed by atoms with Crippen molar-refractivity contribution in [2.75, 3.05) is 18.5 Å². The molecular weight excluding hydrogens is 252 g/mol. The van der Waals surface area contributed by atoms with Crippen molar-refractivity contribution in [3.8, 4) is 5.75 Å². The smallest absolute Gasteiger partial charge is 0.231 e. The molecule has 100 valence electrons. The monoisotopic (exact) mass is 270 g/mol. The summed E-state index contributed by atoms with van der Waals surface area (Å²) in [5.74, 6) is 0.861. The minimum absolute atomic E-state index is 0. The summed E-state index contributed by atoms with van der Waals surface area (Å²) in [6.45, 7) is 4.71. The van der Waals surface area contributed by atoms with Crippen molar-refractivity contribution >= 4 is 24.0 Å². The van der Waals surface area contributed by atoms with Crippen molar-refractivity contribution in [3.63, 3.8) is 0 Å². The molecule has 0 saturated carbocycles. The zero-order chi connectivity index (χ0) is 12.5. The van der Waals surface area contributed by atoms with Crippen LogP contribution in [-0.4, -0.2) is 19.1 Å². The summed E-state index contributed by atoms with van der Waals surface area (Å²) in [6, 6.07) is 5.72. The van der Waals surface area contributed by atoms with Gasteiger partial charge in [-0.15, -0.1) is 12.4 Å². The van der Waals surface area contributed by atoms with Crippen molar-refractivity contribution in [3.05, 3.63) is 23.8 Å². The van der Waals surface area contributed by atoms with E-state index in [1.807, 2.05) is 32.0 Å². The third-order valence-electron chi connectivity index (χ3n) is 3.07. The molecule has 0 atom stereocenters. The molecule has 4 nitrogen and oxygen atoms in total. The third kappa shape index (κ3) is 2.94. The molecule has 1 aliphatic rings. The van der Waals surface area contributed by atoms with E-state index in [-0.39, 0.29) is 18.3 Å². The molecule has 0 aromatic heterocycles. The van der Waals surface area contributed by atoms with E-state index in [0.29, 0.717) is 6.54 Å². The Morgan fingerprint density at radius 2 is 2.22 bits per heavy atom. The lowest BCUT2D eigenvalue weighted by atomic mass is 9.92. The number of anilines is 1. The van der Waals surface area contributed by atoms with Gasteiger partial charge in [0.25, 0.3) is 0 Å². The number of rotatable bonds is 3. The van der Waals surface area contributed by atoms with E-state index in [9.17, 15) is 4.79 Å². The SMILES string of the molecule is CC(C)(CN)C(=O)Nc1ccc2c(c1)CCO2.Cl. The molecular formula is C13H19ClN2O2. The van der Waals surface area contributed by atoms with E-state index < -0.39 is 5.41 Å². The number of benzene rings is 1. The van der Waals surface area contributed by atoms with Gasteiger partial charge in [0.2, 0.25) is 5.91 Å². The maximum Gasteiger partial charge on any atom is 0.231 e. The zero-order valence-electron chi connectivity index (χ0n) is 10.7. The van der Waals surface area contributed by atoms with Gasteiger partial charge in [0.1, 0.15) is 5.75 Å². The van der Waals surface area contributed by atoms with Gasteiger partial charge in [-0.1, -0.05) is 0 Å². The first-order valence-corrected chi connectivity index (χ1v) is 5.80. The second-order valence-electron chi connectivity index (χ2n) is 4.96. The Morgan fingerprint density at radius 3 is 2.89 bits per heavy atom. The minimum Gasteiger partial charge on any atom is -0.493 e. The van der Waals surface area contributed by atoms with Gasteiger partial charge in [0, 0.05) is 18.7 Å². The van der Waals surface area contributed by atoms with Gasteiger partial charge >= 0.3 is 0 Å². The number of hydrogen-bond acceptors (Lipinski definition) is 3. The molecule has 0 spiro atoms.